The highest BCUT2D eigenvalue weighted by Gasteiger charge is 2.28. The van der Waals surface area contributed by atoms with Crippen LogP contribution in [0.4, 0.5) is 0 Å². The van der Waals surface area contributed by atoms with Crippen LogP contribution in [0.2, 0.25) is 0 Å². The standard InChI is InChI=1S/C10H17N5O2/c1-7-8(14-17-13-7)6-15-4-3-12-5-9(15)10(16)11-2/h9,12H,3-6H2,1-2H3,(H,11,16). The van der Waals surface area contributed by atoms with Gasteiger partial charge in [0.25, 0.3) is 0 Å². The number of amides is 1. The van der Waals surface area contributed by atoms with Crippen molar-refractivity contribution in [1.82, 2.24) is 25.8 Å². The Balaban J connectivity index is 2.06. The molecule has 0 aliphatic carbocycles. The molecule has 7 nitrogen and oxygen atoms in total. The number of aromatic nitrogens is 2. The Morgan fingerprint density at radius 1 is 1.65 bits per heavy atom. The molecule has 1 amide bonds. The molecule has 94 valence electrons. The lowest BCUT2D eigenvalue weighted by Gasteiger charge is -2.34. The molecule has 0 saturated carbocycles. The first-order valence-electron chi connectivity index (χ1n) is 5.66. The SMILES string of the molecule is CNC(=O)C1CNCCN1Cc1nonc1C. The average molecular weight is 239 g/mol. The number of nitrogens with one attached hydrogen (secondary N) is 2. The fourth-order valence-corrected chi connectivity index (χ4v) is 1.95. The lowest BCUT2D eigenvalue weighted by molar-refractivity contribution is -0.126. The number of carbonyl (C=O) groups is 1. The molecule has 1 unspecified atom stereocenters. The number of piperazine rings is 1. The van der Waals surface area contributed by atoms with Crippen LogP contribution in [0.5, 0.6) is 0 Å². The van der Waals surface area contributed by atoms with E-state index in [4.69, 9.17) is 0 Å². The van der Waals surface area contributed by atoms with Gasteiger partial charge in [0.15, 0.2) is 0 Å². The van der Waals surface area contributed by atoms with E-state index in [0.29, 0.717) is 13.1 Å². The van der Waals surface area contributed by atoms with Crippen molar-refractivity contribution in [2.75, 3.05) is 26.7 Å². The predicted molar refractivity (Wildman–Crippen MR) is 60.2 cm³/mol. The van der Waals surface area contributed by atoms with Gasteiger partial charge in [-0.3, -0.25) is 9.69 Å². The number of aryl methyl sites for hydroxylation is 1. The van der Waals surface area contributed by atoms with Crippen LogP contribution in [0.3, 0.4) is 0 Å². The van der Waals surface area contributed by atoms with Crippen molar-refractivity contribution in [3.8, 4) is 0 Å². The molecule has 0 radical (unpaired) electrons. The predicted octanol–water partition coefficient (Wildman–Crippen LogP) is -1.10. The normalized spacial score (nSPS) is 21.4. The van der Waals surface area contributed by atoms with Crippen molar-refractivity contribution in [3.63, 3.8) is 0 Å². The summed E-state index contributed by atoms with van der Waals surface area (Å²) in [6.45, 7) is 4.78. The van der Waals surface area contributed by atoms with E-state index < -0.39 is 0 Å². The van der Waals surface area contributed by atoms with Gasteiger partial charge in [0, 0.05) is 33.2 Å². The van der Waals surface area contributed by atoms with Crippen molar-refractivity contribution in [2.24, 2.45) is 0 Å². The summed E-state index contributed by atoms with van der Waals surface area (Å²) in [5, 5.41) is 13.5. The monoisotopic (exact) mass is 239 g/mol. The van der Waals surface area contributed by atoms with E-state index in [1.165, 1.54) is 0 Å². The van der Waals surface area contributed by atoms with Crippen LogP contribution in [0, 0.1) is 6.92 Å². The Morgan fingerprint density at radius 2 is 2.47 bits per heavy atom. The second kappa shape index (κ2) is 5.24. The molecule has 1 aromatic rings. The molecule has 2 N–H and O–H groups in total. The molecule has 1 aromatic heterocycles. The van der Waals surface area contributed by atoms with Crippen LogP contribution in [0.1, 0.15) is 11.4 Å². The Kier molecular flexibility index (Phi) is 3.70. The zero-order valence-electron chi connectivity index (χ0n) is 10.1. The first-order chi connectivity index (χ1) is 8.22. The van der Waals surface area contributed by atoms with E-state index in [1.54, 1.807) is 7.05 Å². The summed E-state index contributed by atoms with van der Waals surface area (Å²) in [6.07, 6.45) is 0. The van der Waals surface area contributed by atoms with Crippen LogP contribution in [-0.2, 0) is 11.3 Å². The molecular weight excluding hydrogens is 222 g/mol. The number of nitrogens with zero attached hydrogens (tertiary/aromatic N) is 3. The largest absolute Gasteiger partial charge is 0.358 e. The number of hydrogen-bond donors (Lipinski definition) is 2. The minimum absolute atomic E-state index is 0.0197. The lowest BCUT2D eigenvalue weighted by Crippen LogP contribution is -2.57. The average Bonchev–Trinajstić information content (AvgIpc) is 2.75. The van der Waals surface area contributed by atoms with Crippen LogP contribution in [-0.4, -0.2) is 53.8 Å². The first kappa shape index (κ1) is 12.0. The maximum absolute atomic E-state index is 11.7. The molecule has 1 saturated heterocycles. The molecule has 1 aliphatic heterocycles. The molecule has 0 bridgehead atoms. The molecule has 0 spiro atoms. The van der Waals surface area contributed by atoms with E-state index in [-0.39, 0.29) is 11.9 Å². The molecule has 17 heavy (non-hydrogen) atoms. The van der Waals surface area contributed by atoms with E-state index in [0.717, 1.165) is 24.5 Å². The van der Waals surface area contributed by atoms with Gasteiger partial charge in [-0.2, -0.15) is 0 Å². The van der Waals surface area contributed by atoms with Gasteiger partial charge < -0.3 is 10.6 Å². The van der Waals surface area contributed by atoms with Gasteiger partial charge in [-0.25, -0.2) is 4.63 Å². The van der Waals surface area contributed by atoms with Crippen molar-refractivity contribution in [1.29, 1.82) is 0 Å². The molecule has 1 aliphatic rings. The highest BCUT2D eigenvalue weighted by molar-refractivity contribution is 5.81. The maximum Gasteiger partial charge on any atom is 0.238 e. The van der Waals surface area contributed by atoms with Gasteiger partial charge in [-0.05, 0) is 6.92 Å². The van der Waals surface area contributed by atoms with Gasteiger partial charge in [0.2, 0.25) is 5.91 Å². The number of carbonyl (C=O) groups excluding carboxylic acids is 1. The second-order valence-electron chi connectivity index (χ2n) is 4.10. The van der Waals surface area contributed by atoms with Gasteiger partial charge in [0.1, 0.15) is 17.4 Å². The fourth-order valence-electron chi connectivity index (χ4n) is 1.95. The minimum atomic E-state index is -0.162. The second-order valence-corrected chi connectivity index (χ2v) is 4.10. The van der Waals surface area contributed by atoms with Crippen LogP contribution < -0.4 is 10.6 Å². The molecule has 2 heterocycles. The fraction of sp³-hybridized carbons (Fsp3) is 0.700. The smallest absolute Gasteiger partial charge is 0.238 e. The molecule has 0 aromatic carbocycles. The van der Waals surface area contributed by atoms with Crippen LogP contribution in [0.15, 0.2) is 4.63 Å². The van der Waals surface area contributed by atoms with E-state index in [1.807, 2.05) is 6.92 Å². The molecule has 2 rings (SSSR count). The minimum Gasteiger partial charge on any atom is -0.358 e. The van der Waals surface area contributed by atoms with Gasteiger partial charge in [-0.1, -0.05) is 10.3 Å². The molecule has 1 fully saturated rings. The first-order valence-corrected chi connectivity index (χ1v) is 5.66. The third kappa shape index (κ3) is 2.62. The zero-order chi connectivity index (χ0) is 12.3. The van der Waals surface area contributed by atoms with E-state index in [2.05, 4.69) is 30.5 Å². The summed E-state index contributed by atoms with van der Waals surface area (Å²) in [4.78, 5) is 13.8. The number of rotatable bonds is 3. The number of likely N-dealkylation sites (N-methyl/N-ethyl adjacent to an activating group) is 1. The number of hydrogen-bond acceptors (Lipinski definition) is 6. The molecule has 1 atom stereocenters. The third-order valence-electron chi connectivity index (χ3n) is 3.00. The Hall–Kier alpha value is -1.47. The Labute approximate surface area is 99.5 Å². The van der Waals surface area contributed by atoms with Crippen LogP contribution >= 0.6 is 0 Å². The summed E-state index contributed by atoms with van der Waals surface area (Å²) < 4.78 is 4.67. The van der Waals surface area contributed by atoms with Crippen LogP contribution in [0.25, 0.3) is 0 Å². The van der Waals surface area contributed by atoms with Crippen molar-refractivity contribution in [2.45, 2.75) is 19.5 Å². The van der Waals surface area contributed by atoms with E-state index in [9.17, 15) is 4.79 Å². The van der Waals surface area contributed by atoms with Crippen molar-refractivity contribution in [3.05, 3.63) is 11.4 Å². The quantitative estimate of drug-likeness (QED) is 0.696. The van der Waals surface area contributed by atoms with Gasteiger partial charge >= 0.3 is 0 Å². The van der Waals surface area contributed by atoms with Crippen molar-refractivity contribution < 1.29 is 9.42 Å². The Bertz CT molecular complexity index is 392. The summed E-state index contributed by atoms with van der Waals surface area (Å²) >= 11 is 0. The zero-order valence-corrected chi connectivity index (χ0v) is 10.1. The lowest BCUT2D eigenvalue weighted by atomic mass is 10.1. The highest BCUT2D eigenvalue weighted by atomic mass is 16.6. The highest BCUT2D eigenvalue weighted by Crippen LogP contribution is 2.11. The summed E-state index contributed by atoms with van der Waals surface area (Å²) in [5.41, 5.74) is 1.57. The van der Waals surface area contributed by atoms with E-state index >= 15 is 0 Å². The summed E-state index contributed by atoms with van der Waals surface area (Å²) in [5.74, 6) is 0.0197. The topological polar surface area (TPSA) is 83.3 Å². The summed E-state index contributed by atoms with van der Waals surface area (Å²) in [7, 11) is 1.65. The van der Waals surface area contributed by atoms with Gasteiger partial charge in [-0.15, -0.1) is 0 Å². The molecule has 7 heteroatoms. The Morgan fingerprint density at radius 3 is 3.12 bits per heavy atom. The summed E-state index contributed by atoms with van der Waals surface area (Å²) in [6, 6.07) is -0.162. The van der Waals surface area contributed by atoms with Crippen molar-refractivity contribution >= 4 is 5.91 Å². The van der Waals surface area contributed by atoms with Gasteiger partial charge in [0.05, 0.1) is 0 Å². The maximum atomic E-state index is 11.7. The molecular formula is C10H17N5O2. The third-order valence-corrected chi connectivity index (χ3v) is 3.00.